The van der Waals surface area contributed by atoms with Crippen LogP contribution in [0.1, 0.15) is 40.5 Å². The van der Waals surface area contributed by atoms with E-state index < -0.39 is 15.6 Å². The van der Waals surface area contributed by atoms with Crippen LogP contribution in [0.15, 0.2) is 17.3 Å². The highest BCUT2D eigenvalue weighted by atomic mass is 32.2. The molecule has 0 bridgehead atoms. The molecule has 2 atom stereocenters. The Morgan fingerprint density at radius 1 is 1.50 bits per heavy atom. The number of sulfonamides is 1. The van der Waals surface area contributed by atoms with Crippen molar-refractivity contribution < 1.29 is 13.5 Å². The molecule has 0 unspecified atom stereocenters. The maximum Gasteiger partial charge on any atom is 0.246 e. The number of rotatable bonds is 5. The van der Waals surface area contributed by atoms with Gasteiger partial charge < -0.3 is 5.11 Å². The molecule has 22 heavy (non-hydrogen) atoms. The highest BCUT2D eigenvalue weighted by Gasteiger charge is 2.41. The number of aliphatic hydroxyl groups is 1. The predicted octanol–water partition coefficient (Wildman–Crippen LogP) is 1.71. The monoisotopic (exact) mass is 329 g/mol. The Bertz CT molecular complexity index is 607. The van der Waals surface area contributed by atoms with E-state index in [9.17, 15) is 13.5 Å². The van der Waals surface area contributed by atoms with Crippen molar-refractivity contribution >= 4 is 10.0 Å². The van der Waals surface area contributed by atoms with Crippen LogP contribution in [0.5, 0.6) is 0 Å². The van der Waals surface area contributed by atoms with Gasteiger partial charge in [-0.15, -0.1) is 0 Å². The Kier molecular flexibility index (Phi) is 4.99. The highest BCUT2D eigenvalue weighted by molar-refractivity contribution is 7.89. The van der Waals surface area contributed by atoms with Crippen LogP contribution in [0.25, 0.3) is 0 Å². The lowest BCUT2D eigenvalue weighted by molar-refractivity contribution is -0.0482. The molecule has 1 aromatic rings. The summed E-state index contributed by atoms with van der Waals surface area (Å²) in [5, 5.41) is 14.6. The lowest BCUT2D eigenvalue weighted by Crippen LogP contribution is -2.52. The van der Waals surface area contributed by atoms with Crippen LogP contribution >= 0.6 is 0 Å². The summed E-state index contributed by atoms with van der Waals surface area (Å²) in [5.41, 5.74) is -0.802. The van der Waals surface area contributed by atoms with E-state index in [1.54, 1.807) is 10.9 Å². The van der Waals surface area contributed by atoms with E-state index in [0.717, 1.165) is 6.42 Å². The highest BCUT2D eigenvalue weighted by Crippen LogP contribution is 2.34. The molecular formula is C15H27N3O3S. The van der Waals surface area contributed by atoms with Gasteiger partial charge in [0.15, 0.2) is 0 Å². The fourth-order valence-electron chi connectivity index (χ4n) is 3.00. The van der Waals surface area contributed by atoms with Gasteiger partial charge in [0.1, 0.15) is 4.90 Å². The molecule has 2 heterocycles. The SMILES string of the molecule is CCn1cc(S(=O)(=O)N2CC[C@@](C)(O)[C@@H](CC(C)C)C2)cn1. The van der Waals surface area contributed by atoms with Gasteiger partial charge in [0.2, 0.25) is 10.0 Å². The minimum absolute atomic E-state index is 0.0442. The second-order valence-electron chi connectivity index (χ2n) is 6.83. The Morgan fingerprint density at radius 3 is 2.73 bits per heavy atom. The quantitative estimate of drug-likeness (QED) is 0.892. The van der Waals surface area contributed by atoms with Crippen molar-refractivity contribution in [3.8, 4) is 0 Å². The molecule has 0 aliphatic carbocycles. The van der Waals surface area contributed by atoms with Crippen LogP contribution in [0.3, 0.4) is 0 Å². The number of hydrogen-bond acceptors (Lipinski definition) is 4. The molecular weight excluding hydrogens is 302 g/mol. The van der Waals surface area contributed by atoms with Crippen molar-refractivity contribution in [1.29, 1.82) is 0 Å². The van der Waals surface area contributed by atoms with E-state index >= 15 is 0 Å². The topological polar surface area (TPSA) is 75.4 Å². The smallest absolute Gasteiger partial charge is 0.246 e. The summed E-state index contributed by atoms with van der Waals surface area (Å²) in [7, 11) is -3.53. The molecule has 1 aromatic heterocycles. The van der Waals surface area contributed by atoms with Crippen LogP contribution in [-0.2, 0) is 16.6 Å². The number of piperidine rings is 1. The lowest BCUT2D eigenvalue weighted by Gasteiger charge is -2.42. The van der Waals surface area contributed by atoms with Gasteiger partial charge in [-0.25, -0.2) is 8.42 Å². The standard InChI is InChI=1S/C15H27N3O3S/c1-5-17-11-14(9-16-17)22(20,21)18-7-6-15(4,19)13(10-18)8-12(2)3/h9,11-13,19H,5-8,10H2,1-4H3/t13-,15+/m0/s1. The van der Waals surface area contributed by atoms with Crippen molar-refractivity contribution in [2.24, 2.45) is 11.8 Å². The molecule has 1 fully saturated rings. The molecule has 0 amide bonds. The fraction of sp³-hybridized carbons (Fsp3) is 0.800. The van der Waals surface area contributed by atoms with Crippen LogP contribution < -0.4 is 0 Å². The van der Waals surface area contributed by atoms with Crippen molar-refractivity contribution in [2.45, 2.75) is 57.6 Å². The van der Waals surface area contributed by atoms with Gasteiger partial charge >= 0.3 is 0 Å². The molecule has 1 aliphatic rings. The largest absolute Gasteiger partial charge is 0.390 e. The van der Waals surface area contributed by atoms with Crippen LogP contribution in [0.4, 0.5) is 0 Å². The van der Waals surface area contributed by atoms with Crippen LogP contribution in [-0.4, -0.2) is 46.3 Å². The first kappa shape index (κ1) is 17.4. The zero-order valence-corrected chi connectivity index (χ0v) is 14.7. The summed E-state index contributed by atoms with van der Waals surface area (Å²) in [5.74, 6) is 0.374. The van der Waals surface area contributed by atoms with E-state index in [1.807, 2.05) is 13.8 Å². The van der Waals surface area contributed by atoms with Gasteiger partial charge in [-0.1, -0.05) is 13.8 Å². The maximum absolute atomic E-state index is 12.7. The summed E-state index contributed by atoms with van der Waals surface area (Å²) in [6.45, 7) is 9.27. The average Bonchev–Trinajstić information content (AvgIpc) is 2.90. The maximum atomic E-state index is 12.7. The van der Waals surface area contributed by atoms with Crippen LogP contribution in [0, 0.1) is 11.8 Å². The Labute approximate surface area is 133 Å². The molecule has 6 nitrogen and oxygen atoms in total. The summed E-state index contributed by atoms with van der Waals surface area (Å²) in [6.07, 6.45) is 4.25. The molecule has 7 heteroatoms. The third kappa shape index (κ3) is 3.52. The zero-order chi connectivity index (χ0) is 16.5. The molecule has 126 valence electrons. The number of aryl methyl sites for hydroxylation is 1. The summed E-state index contributed by atoms with van der Waals surface area (Å²) in [4.78, 5) is 0.235. The van der Waals surface area contributed by atoms with Crippen molar-refractivity contribution in [3.05, 3.63) is 12.4 Å². The first-order valence-electron chi connectivity index (χ1n) is 7.91. The zero-order valence-electron chi connectivity index (χ0n) is 13.9. The summed E-state index contributed by atoms with van der Waals surface area (Å²) < 4.78 is 28.6. The third-order valence-electron chi connectivity index (χ3n) is 4.50. The van der Waals surface area contributed by atoms with Gasteiger partial charge in [-0.2, -0.15) is 9.40 Å². The first-order valence-corrected chi connectivity index (χ1v) is 9.35. The van der Waals surface area contributed by atoms with Crippen molar-refractivity contribution in [1.82, 2.24) is 14.1 Å². The lowest BCUT2D eigenvalue weighted by atomic mass is 9.78. The van der Waals surface area contributed by atoms with Crippen LogP contribution in [0.2, 0.25) is 0 Å². The van der Waals surface area contributed by atoms with Gasteiger partial charge in [-0.3, -0.25) is 4.68 Å². The normalized spacial score (nSPS) is 27.5. The van der Waals surface area contributed by atoms with E-state index in [1.165, 1.54) is 10.5 Å². The predicted molar refractivity (Wildman–Crippen MR) is 84.8 cm³/mol. The van der Waals surface area contributed by atoms with Gasteiger partial charge in [0.25, 0.3) is 0 Å². The molecule has 2 rings (SSSR count). The van der Waals surface area contributed by atoms with Gasteiger partial charge in [0.05, 0.1) is 11.8 Å². The van der Waals surface area contributed by atoms with E-state index in [2.05, 4.69) is 18.9 Å². The molecule has 0 aromatic carbocycles. The number of nitrogens with zero attached hydrogens (tertiary/aromatic N) is 3. The minimum Gasteiger partial charge on any atom is -0.390 e. The molecule has 0 spiro atoms. The molecule has 1 N–H and O–H groups in total. The molecule has 1 saturated heterocycles. The van der Waals surface area contributed by atoms with Gasteiger partial charge in [0, 0.05) is 31.7 Å². The molecule has 0 radical (unpaired) electrons. The summed E-state index contributed by atoms with van der Waals surface area (Å²) in [6, 6.07) is 0. The Morgan fingerprint density at radius 2 is 2.18 bits per heavy atom. The second-order valence-corrected chi connectivity index (χ2v) is 8.77. The number of hydrogen-bond donors (Lipinski definition) is 1. The van der Waals surface area contributed by atoms with Crippen molar-refractivity contribution in [2.75, 3.05) is 13.1 Å². The van der Waals surface area contributed by atoms with E-state index in [4.69, 9.17) is 0 Å². The average molecular weight is 329 g/mol. The second kappa shape index (κ2) is 6.29. The summed E-state index contributed by atoms with van der Waals surface area (Å²) >= 11 is 0. The van der Waals surface area contributed by atoms with E-state index in [-0.39, 0.29) is 10.8 Å². The van der Waals surface area contributed by atoms with Crippen molar-refractivity contribution in [3.63, 3.8) is 0 Å². The third-order valence-corrected chi connectivity index (χ3v) is 6.32. The van der Waals surface area contributed by atoms with Gasteiger partial charge in [-0.05, 0) is 32.6 Å². The first-order chi connectivity index (χ1) is 10.2. The van der Waals surface area contributed by atoms with E-state index in [0.29, 0.717) is 32.0 Å². The Balaban J connectivity index is 2.21. The Hall–Kier alpha value is -0.920. The number of aromatic nitrogens is 2. The molecule has 0 saturated carbocycles. The fourth-order valence-corrected chi connectivity index (χ4v) is 4.45. The molecule has 1 aliphatic heterocycles. The minimum atomic E-state index is -3.53.